The first-order valence-corrected chi connectivity index (χ1v) is 9.81. The summed E-state index contributed by atoms with van der Waals surface area (Å²) in [5.74, 6) is -0.203. The molecule has 1 aromatic rings. The van der Waals surface area contributed by atoms with Crippen molar-refractivity contribution in [1.29, 1.82) is 0 Å². The number of likely N-dealkylation sites (N-methyl/N-ethyl adjacent to an activating group) is 1. The third kappa shape index (κ3) is 5.92. The number of rotatable bonds is 7. The molecule has 1 aliphatic rings. The number of anilines is 1. The van der Waals surface area contributed by atoms with Gasteiger partial charge in [-0.1, -0.05) is 26.3 Å². The maximum absolute atomic E-state index is 14.6. The minimum absolute atomic E-state index is 0.203. The van der Waals surface area contributed by atoms with Gasteiger partial charge >= 0.3 is 0 Å². The Kier molecular flexibility index (Phi) is 8.25. The van der Waals surface area contributed by atoms with Gasteiger partial charge in [-0.05, 0) is 44.2 Å². The summed E-state index contributed by atoms with van der Waals surface area (Å²) in [4.78, 5) is 4.49. The van der Waals surface area contributed by atoms with Crippen LogP contribution >= 0.6 is 12.2 Å². The fraction of sp³-hybridized carbons (Fsp3) is 0.579. The molecule has 144 valence electrons. The maximum Gasteiger partial charge on any atom is 0.186 e. The predicted molar refractivity (Wildman–Crippen MR) is 112 cm³/mol. The number of piperazine rings is 1. The lowest BCUT2D eigenvalue weighted by Gasteiger charge is -2.35. The number of nitrogens with zero attached hydrogens (tertiary/aromatic N) is 3. The average molecular weight is 380 g/mol. The summed E-state index contributed by atoms with van der Waals surface area (Å²) in [7, 11) is 0. The minimum atomic E-state index is -0.203. The van der Waals surface area contributed by atoms with Crippen molar-refractivity contribution in [3.05, 3.63) is 29.6 Å². The van der Waals surface area contributed by atoms with E-state index < -0.39 is 0 Å². The van der Waals surface area contributed by atoms with Gasteiger partial charge in [0.15, 0.2) is 5.11 Å². The molecule has 0 unspecified atom stereocenters. The Hall–Kier alpha value is -1.73. The molecule has 26 heavy (non-hydrogen) atoms. The summed E-state index contributed by atoms with van der Waals surface area (Å²) >= 11 is 5.17. The lowest BCUT2D eigenvalue weighted by Crippen LogP contribution is -2.46. The minimum Gasteiger partial charge on any atom is -0.367 e. The van der Waals surface area contributed by atoms with Crippen LogP contribution in [0.1, 0.15) is 39.2 Å². The van der Waals surface area contributed by atoms with Gasteiger partial charge in [0.25, 0.3) is 0 Å². The highest BCUT2D eigenvalue weighted by molar-refractivity contribution is 7.80. The third-order valence-electron chi connectivity index (χ3n) is 4.67. The molecular weight excluding hydrogens is 349 g/mol. The molecule has 2 N–H and O–H groups in total. The molecule has 1 saturated heterocycles. The standard InChI is InChI=1S/C19H30FN5S/c1-4-6-9-21-19(26)23-22-15(3)16-7-8-18(17(20)14-16)25-12-10-24(5-2)11-13-25/h7-8,14H,4-6,9-13H2,1-3H3,(H2,21,23,26)/b22-15-. The van der Waals surface area contributed by atoms with Crippen molar-refractivity contribution in [2.24, 2.45) is 5.10 Å². The second kappa shape index (κ2) is 10.4. The first-order chi connectivity index (χ1) is 12.5. The molecule has 1 heterocycles. The smallest absolute Gasteiger partial charge is 0.186 e. The SMILES string of the molecule is CCCCNC(=S)N/N=C(/C)c1ccc(N2CCN(CC)CC2)c(F)c1. The number of nitrogens with one attached hydrogen (secondary N) is 2. The van der Waals surface area contributed by atoms with Gasteiger partial charge in [-0.2, -0.15) is 5.10 Å². The molecule has 0 radical (unpaired) electrons. The molecule has 1 fully saturated rings. The number of unbranched alkanes of at least 4 members (excludes halogenated alkanes) is 1. The van der Waals surface area contributed by atoms with Gasteiger partial charge in [0.05, 0.1) is 11.4 Å². The van der Waals surface area contributed by atoms with Crippen LogP contribution in [0.25, 0.3) is 0 Å². The summed E-state index contributed by atoms with van der Waals surface area (Å²) in [6.45, 7) is 11.7. The zero-order chi connectivity index (χ0) is 18.9. The van der Waals surface area contributed by atoms with E-state index in [4.69, 9.17) is 12.2 Å². The number of benzene rings is 1. The Morgan fingerprint density at radius 2 is 1.96 bits per heavy atom. The molecule has 5 nitrogen and oxygen atoms in total. The Bertz CT molecular complexity index is 626. The van der Waals surface area contributed by atoms with E-state index in [1.54, 1.807) is 6.07 Å². The largest absolute Gasteiger partial charge is 0.367 e. The van der Waals surface area contributed by atoms with E-state index in [1.165, 1.54) is 0 Å². The van der Waals surface area contributed by atoms with E-state index in [0.717, 1.165) is 57.7 Å². The van der Waals surface area contributed by atoms with Crippen molar-refractivity contribution in [1.82, 2.24) is 15.6 Å². The third-order valence-corrected chi connectivity index (χ3v) is 4.90. The highest BCUT2D eigenvalue weighted by Crippen LogP contribution is 2.22. The zero-order valence-electron chi connectivity index (χ0n) is 16.0. The van der Waals surface area contributed by atoms with E-state index in [-0.39, 0.29) is 5.82 Å². The fourth-order valence-electron chi connectivity index (χ4n) is 2.91. The normalized spacial score (nSPS) is 15.8. The van der Waals surface area contributed by atoms with Crippen LogP contribution in [0.2, 0.25) is 0 Å². The van der Waals surface area contributed by atoms with E-state index in [2.05, 4.69) is 39.5 Å². The maximum atomic E-state index is 14.6. The van der Waals surface area contributed by atoms with Gasteiger partial charge in [0.2, 0.25) is 0 Å². The summed E-state index contributed by atoms with van der Waals surface area (Å²) < 4.78 is 14.6. The Morgan fingerprint density at radius 1 is 1.23 bits per heavy atom. The van der Waals surface area contributed by atoms with Gasteiger partial charge in [-0.25, -0.2) is 4.39 Å². The van der Waals surface area contributed by atoms with Crippen LogP contribution in [-0.2, 0) is 0 Å². The predicted octanol–water partition coefficient (Wildman–Crippen LogP) is 2.96. The molecule has 0 amide bonds. The molecule has 2 rings (SSSR count). The number of hydrogen-bond donors (Lipinski definition) is 2. The van der Waals surface area contributed by atoms with Crippen LogP contribution in [0, 0.1) is 5.82 Å². The molecule has 0 aliphatic carbocycles. The second-order valence-corrected chi connectivity index (χ2v) is 6.91. The second-order valence-electron chi connectivity index (χ2n) is 6.51. The number of hydrogen-bond acceptors (Lipinski definition) is 4. The lowest BCUT2D eigenvalue weighted by molar-refractivity contribution is 0.270. The van der Waals surface area contributed by atoms with E-state index in [9.17, 15) is 4.39 Å². The van der Waals surface area contributed by atoms with Crippen LogP contribution in [0.15, 0.2) is 23.3 Å². The summed E-state index contributed by atoms with van der Waals surface area (Å²) in [5, 5.41) is 7.83. The first kappa shape index (κ1) is 20.6. The van der Waals surface area contributed by atoms with E-state index >= 15 is 0 Å². The highest BCUT2D eigenvalue weighted by atomic mass is 32.1. The van der Waals surface area contributed by atoms with Gasteiger partial charge in [0, 0.05) is 38.3 Å². The van der Waals surface area contributed by atoms with Gasteiger partial charge in [-0.15, -0.1) is 0 Å². The van der Waals surface area contributed by atoms with Crippen LogP contribution < -0.4 is 15.6 Å². The molecule has 0 bridgehead atoms. The number of halogens is 1. The van der Waals surface area contributed by atoms with E-state index in [1.807, 2.05) is 19.1 Å². The van der Waals surface area contributed by atoms with Gasteiger partial charge < -0.3 is 15.1 Å². The molecule has 0 spiro atoms. The summed E-state index contributed by atoms with van der Waals surface area (Å²) in [6, 6.07) is 5.32. The highest BCUT2D eigenvalue weighted by Gasteiger charge is 2.18. The van der Waals surface area contributed by atoms with Gasteiger partial charge in [0.1, 0.15) is 5.82 Å². The fourth-order valence-corrected chi connectivity index (χ4v) is 3.06. The van der Waals surface area contributed by atoms with Crippen LogP contribution in [0.4, 0.5) is 10.1 Å². The van der Waals surface area contributed by atoms with Crippen molar-refractivity contribution >= 4 is 28.7 Å². The van der Waals surface area contributed by atoms with Gasteiger partial charge in [-0.3, -0.25) is 5.43 Å². The lowest BCUT2D eigenvalue weighted by atomic mass is 10.1. The Balaban J connectivity index is 1.95. The van der Waals surface area contributed by atoms with Crippen molar-refractivity contribution in [3.8, 4) is 0 Å². The molecule has 1 aliphatic heterocycles. The quantitative estimate of drug-likeness (QED) is 0.330. The van der Waals surface area contributed by atoms with Crippen molar-refractivity contribution in [2.45, 2.75) is 33.6 Å². The topological polar surface area (TPSA) is 42.9 Å². The van der Waals surface area contributed by atoms with Crippen molar-refractivity contribution in [3.63, 3.8) is 0 Å². The molecule has 1 aromatic carbocycles. The molecular formula is C19H30FN5S. The van der Waals surface area contributed by atoms with Crippen LogP contribution in [-0.4, -0.2) is 55.0 Å². The molecule has 7 heteroatoms. The Labute approximate surface area is 161 Å². The average Bonchev–Trinajstić information content (AvgIpc) is 2.66. The van der Waals surface area contributed by atoms with Crippen LogP contribution in [0.5, 0.6) is 0 Å². The molecule has 0 atom stereocenters. The molecule has 0 saturated carbocycles. The monoisotopic (exact) mass is 379 g/mol. The first-order valence-electron chi connectivity index (χ1n) is 9.40. The number of thiocarbonyl (C=S) groups is 1. The molecule has 0 aromatic heterocycles. The zero-order valence-corrected chi connectivity index (χ0v) is 16.8. The summed E-state index contributed by atoms with van der Waals surface area (Å²) in [6.07, 6.45) is 2.17. The number of hydrazone groups is 1. The van der Waals surface area contributed by atoms with Crippen molar-refractivity contribution < 1.29 is 4.39 Å². The van der Waals surface area contributed by atoms with Crippen molar-refractivity contribution in [2.75, 3.05) is 44.2 Å². The van der Waals surface area contributed by atoms with E-state index in [0.29, 0.717) is 16.5 Å². The van der Waals surface area contributed by atoms with Crippen LogP contribution in [0.3, 0.4) is 0 Å². The Morgan fingerprint density at radius 3 is 2.58 bits per heavy atom. The summed E-state index contributed by atoms with van der Waals surface area (Å²) in [5.41, 5.74) is 4.94.